The predicted molar refractivity (Wildman–Crippen MR) is 413 cm³/mol. The van der Waals surface area contributed by atoms with Crippen LogP contribution in [0.15, 0.2) is 121 Å². The van der Waals surface area contributed by atoms with E-state index in [4.69, 9.17) is 42.9 Å². The number of hydrogen-bond acceptors (Lipinski definition) is 16. The number of aliphatic hydroxyl groups is 3. The van der Waals surface area contributed by atoms with E-state index in [0.29, 0.717) is 23.0 Å². The predicted octanol–water partition coefficient (Wildman–Crippen LogP) is 16.3. The maximum atomic E-state index is 13.6. The Hall–Kier alpha value is -4.43. The molecule has 0 saturated carbocycles. The number of carboxylic acid groups (broad SMARTS) is 1. The van der Waals surface area contributed by atoms with Crippen LogP contribution in [0.3, 0.4) is 0 Å². The van der Waals surface area contributed by atoms with E-state index in [1.54, 1.807) is 67.6 Å². The molecule has 0 amide bonds. The van der Waals surface area contributed by atoms with Crippen molar-refractivity contribution in [3.63, 3.8) is 0 Å². The van der Waals surface area contributed by atoms with Gasteiger partial charge in [-0.25, -0.2) is 14.2 Å². The van der Waals surface area contributed by atoms with Crippen LogP contribution in [-0.4, -0.2) is 109 Å². The topological polar surface area (TPSA) is 322 Å². The maximum Gasteiger partial charge on any atom is 1.00 e. The second-order valence-electron chi connectivity index (χ2n) is 33.4. The first kappa shape index (κ1) is 99.6. The number of ether oxygens (including phenoxy) is 4. The largest absolute Gasteiger partial charge is 1.00 e. The van der Waals surface area contributed by atoms with Gasteiger partial charge in [0.15, 0.2) is 24.9 Å². The van der Waals surface area contributed by atoms with Crippen molar-refractivity contribution in [2.75, 3.05) is 25.7 Å². The van der Waals surface area contributed by atoms with E-state index in [1.165, 1.54) is 13.8 Å². The van der Waals surface area contributed by atoms with E-state index in [-0.39, 0.29) is 116 Å². The van der Waals surface area contributed by atoms with Gasteiger partial charge >= 0.3 is 64.3 Å². The fourth-order valence-corrected chi connectivity index (χ4v) is 16.5. The molecule has 0 heterocycles. The number of esters is 1. The first-order valence-electron chi connectivity index (χ1n) is 35.3. The molecule has 0 fully saturated rings. The summed E-state index contributed by atoms with van der Waals surface area (Å²) < 4.78 is 73.3. The van der Waals surface area contributed by atoms with Gasteiger partial charge in [0.05, 0.1) is 24.9 Å². The zero-order chi connectivity index (χ0) is 78.2. The van der Waals surface area contributed by atoms with Crippen LogP contribution in [0, 0.1) is 68.0 Å². The molecule has 4 aromatic rings. The van der Waals surface area contributed by atoms with Crippen molar-refractivity contribution in [1.29, 1.82) is 0 Å². The summed E-state index contributed by atoms with van der Waals surface area (Å²) >= 11 is 0. The number of benzene rings is 4. The summed E-state index contributed by atoms with van der Waals surface area (Å²) in [5, 5.41) is 42.0. The van der Waals surface area contributed by atoms with Gasteiger partial charge < -0.3 is 64.1 Å². The van der Waals surface area contributed by atoms with Crippen molar-refractivity contribution < 1.29 is 126 Å². The van der Waals surface area contributed by atoms with Gasteiger partial charge in [0.25, 0.3) is 0 Å². The molecule has 0 spiro atoms. The molecule has 0 bridgehead atoms. The molecule has 0 aromatic heterocycles. The molecule has 584 valence electrons. The number of carboxylic acids is 1. The van der Waals surface area contributed by atoms with Crippen LogP contribution in [0.4, 0.5) is 0 Å². The molecule has 8 N–H and O–H groups in total. The summed E-state index contributed by atoms with van der Waals surface area (Å²) in [4.78, 5) is 50.2. The first-order chi connectivity index (χ1) is 46.6. The van der Waals surface area contributed by atoms with Crippen molar-refractivity contribution in [3.05, 3.63) is 138 Å². The third-order valence-electron chi connectivity index (χ3n) is 17.2. The fourth-order valence-electron chi connectivity index (χ4n) is 13.7. The van der Waals surface area contributed by atoms with Crippen LogP contribution in [0.2, 0.25) is 0 Å². The standard InChI is InChI=1S/C33H49O7P.C25H41O7P.C22H37O5P.Na.H2O/c1-10-37-31(35)25(3)39-41(36,40-28-17-12-11-13-18-28)23-38-27-21-19-26(20-22-27)16-14-15-24(2)29(34)30(32(4,5)6)33(7,8)9;1-17(21(26)22(24(3,4)5)25(6,7)8)10-9-11-19-12-14-20(15-13-19)31-16-33(29,30)32-18(2)23(27)28;1-16(19(23)20(21(2,3)4)22(5,6)7)9-8-10-17-11-13-18(14-12-17)27-15-28(24,25)26;;/h11-14,16-22,24-25,29-30,34H,10,15,23H2,1-9H3;9,11-15,17-18,21-22,26H,10,16H2,1-8H3,(H,27,28)(H,29,30);8,10-14,16,19-20,23H,9,15H2,1-7H3,(H2,24,25,26);;1H2/q;;;+1;/p-1/b16-14+;11-9+;10-8+;;/t24-,25+,29-,41?;17-,18+,21-;16-,19-;;/m111../s1. The molecule has 10 atom stereocenters. The normalized spacial score (nSPS) is 16.2. The van der Waals surface area contributed by atoms with E-state index in [2.05, 4.69) is 162 Å². The van der Waals surface area contributed by atoms with Gasteiger partial charge in [0.2, 0.25) is 6.35 Å². The average molecular weight is 1530 g/mol. The number of aliphatic hydroxyl groups excluding tert-OH is 3. The molecule has 4 aromatic carbocycles. The Bertz CT molecular complexity index is 3330. The number of carbonyl (C=O) groups is 2. The van der Waals surface area contributed by atoms with E-state index in [0.717, 1.165) is 36.0 Å². The Morgan fingerprint density at radius 2 is 0.731 bits per heavy atom. The van der Waals surface area contributed by atoms with Gasteiger partial charge in [0, 0.05) is 0 Å². The van der Waals surface area contributed by atoms with Crippen LogP contribution in [0.5, 0.6) is 23.0 Å². The molecule has 4 rings (SSSR count). The number of aliphatic carboxylic acids is 1. The Labute approximate surface area is 645 Å². The Morgan fingerprint density at radius 3 is 1.01 bits per heavy atom. The molecule has 2 unspecified atom stereocenters. The van der Waals surface area contributed by atoms with Crippen LogP contribution in [-0.2, 0) is 37.1 Å². The molecular formula is C80H128NaO20P3. The van der Waals surface area contributed by atoms with Crippen LogP contribution >= 0.6 is 22.8 Å². The molecule has 0 aliphatic heterocycles. The third kappa shape index (κ3) is 37.6. The fraction of sp³-hybridized carbons (Fsp3) is 0.600. The summed E-state index contributed by atoms with van der Waals surface area (Å²) in [5.41, 5.74) is 2.84. The minimum Gasteiger partial charge on any atom is -0.870 e. The Balaban J connectivity index is 0.00000154. The van der Waals surface area contributed by atoms with Gasteiger partial charge in [-0.3, -0.25) is 18.2 Å². The minimum atomic E-state index is -4.19. The third-order valence-corrected chi connectivity index (χ3v) is 20.4. The molecule has 0 saturated heterocycles. The average Bonchev–Trinajstić information content (AvgIpc) is 0.815. The number of hydrogen-bond donors (Lipinski definition) is 7. The summed E-state index contributed by atoms with van der Waals surface area (Å²) in [6.07, 6.45) is 8.99. The smallest absolute Gasteiger partial charge is 0.870 e. The summed E-state index contributed by atoms with van der Waals surface area (Å²) in [7, 11) is -12.2. The first-order valence-corrected chi connectivity index (χ1v) is 40.6. The van der Waals surface area contributed by atoms with E-state index >= 15 is 0 Å². The molecule has 0 radical (unpaired) electrons. The van der Waals surface area contributed by atoms with Crippen molar-refractivity contribution >= 4 is 53.0 Å². The second-order valence-corrected chi connectivity index (χ2v) is 38.6. The summed E-state index contributed by atoms with van der Waals surface area (Å²) in [6.45, 7) is 50.1. The van der Waals surface area contributed by atoms with Crippen LogP contribution < -0.4 is 48.3 Å². The number of para-hydroxylation sites is 1. The van der Waals surface area contributed by atoms with Crippen molar-refractivity contribution in [2.45, 2.75) is 216 Å². The SMILES string of the molecule is CCOC(=O)[C@H](C)OP(=O)(COc1ccc(/C=C/C[C@@H](C)[C@@H](O)C(C(C)(C)C)C(C)(C)C)cc1)Oc1ccccc1.C[C@H](C/C=C/c1ccc(OCP(=O)(O)O)cc1)[C@@H](O)C(C(C)(C)C)C(C)(C)C.C[C@H](OP(=O)(O)COc1ccc(/C=C/C[C@@H](C)[C@@H](O)C(C(C)(C)C)C(C)(C)C)cc1)C(=O)O.[Na+].[OH-]. The summed E-state index contributed by atoms with van der Waals surface area (Å²) in [5.74, 6) is 0.462. The monoisotopic (exact) mass is 1520 g/mol. The minimum absolute atomic E-state index is 0. The number of carbonyl (C=O) groups excluding carboxylic acids is 1. The van der Waals surface area contributed by atoms with Gasteiger partial charge in [-0.15, -0.1) is 0 Å². The zero-order valence-electron chi connectivity index (χ0n) is 66.9. The Kier molecular flexibility index (Phi) is 41.8. The van der Waals surface area contributed by atoms with Crippen LogP contribution in [0.1, 0.15) is 202 Å². The quantitative estimate of drug-likeness (QED) is 0.0132. The van der Waals surface area contributed by atoms with Crippen molar-refractivity contribution in [3.8, 4) is 23.0 Å². The van der Waals surface area contributed by atoms with Gasteiger partial charge in [-0.1, -0.05) is 236 Å². The number of allylic oxidation sites excluding steroid dienone is 3. The van der Waals surface area contributed by atoms with Gasteiger partial charge in [-0.2, -0.15) is 0 Å². The van der Waals surface area contributed by atoms with E-state index in [9.17, 15) is 43.5 Å². The molecule has 0 aliphatic rings. The second kappa shape index (κ2) is 43.7. The molecular weight excluding hydrogens is 1400 g/mol. The summed E-state index contributed by atoms with van der Waals surface area (Å²) in [6, 6.07) is 29.9. The van der Waals surface area contributed by atoms with Gasteiger partial charge in [0.1, 0.15) is 23.0 Å². The molecule has 24 heteroatoms. The maximum absolute atomic E-state index is 13.6. The number of rotatable bonds is 33. The molecule has 0 aliphatic carbocycles. The molecule has 20 nitrogen and oxygen atoms in total. The van der Waals surface area contributed by atoms with Crippen molar-refractivity contribution in [1.82, 2.24) is 0 Å². The van der Waals surface area contributed by atoms with E-state index < -0.39 is 77.9 Å². The Morgan fingerprint density at radius 1 is 0.433 bits per heavy atom. The molecule has 104 heavy (non-hydrogen) atoms. The van der Waals surface area contributed by atoms with Crippen molar-refractivity contribution in [2.24, 2.45) is 68.0 Å². The zero-order valence-corrected chi connectivity index (χ0v) is 71.6. The van der Waals surface area contributed by atoms with E-state index in [1.807, 2.05) is 66.8 Å². The van der Waals surface area contributed by atoms with Crippen LogP contribution in [0.25, 0.3) is 18.2 Å². The van der Waals surface area contributed by atoms with Gasteiger partial charge in [-0.05, 0) is 173 Å².